The first-order valence-corrected chi connectivity index (χ1v) is 6.61. The topological polar surface area (TPSA) is 96.9 Å². The van der Waals surface area contributed by atoms with Crippen LogP contribution in [-0.2, 0) is 19.1 Å². The van der Waals surface area contributed by atoms with Gasteiger partial charge in [0.05, 0.1) is 5.69 Å². The number of nitrogens with one attached hydrogen (secondary N) is 2. The number of esters is 1. The van der Waals surface area contributed by atoms with Crippen LogP contribution in [0.3, 0.4) is 0 Å². The fraction of sp³-hybridized carbons (Fsp3) is 0.231. The zero-order valence-corrected chi connectivity index (χ0v) is 11.9. The highest BCUT2D eigenvalue weighted by Gasteiger charge is 2.20. The summed E-state index contributed by atoms with van der Waals surface area (Å²) in [6, 6.07) is 3.74. The van der Waals surface area contributed by atoms with Gasteiger partial charge in [-0.1, -0.05) is 11.6 Å². The Morgan fingerprint density at radius 3 is 2.82 bits per heavy atom. The van der Waals surface area contributed by atoms with Crippen LogP contribution in [0.2, 0.25) is 5.02 Å². The number of rotatable bonds is 4. The first-order chi connectivity index (χ1) is 10.5. The van der Waals surface area contributed by atoms with Gasteiger partial charge in [-0.2, -0.15) is 5.10 Å². The Morgan fingerprint density at radius 2 is 2.18 bits per heavy atom. The summed E-state index contributed by atoms with van der Waals surface area (Å²) < 4.78 is 18.2. The minimum Gasteiger partial charge on any atom is -0.451 e. The zero-order valence-electron chi connectivity index (χ0n) is 11.2. The molecule has 2 rings (SSSR count). The zero-order chi connectivity index (χ0) is 16.1. The van der Waals surface area contributed by atoms with Gasteiger partial charge in [0.1, 0.15) is 11.5 Å². The van der Waals surface area contributed by atoms with Crippen LogP contribution in [0.1, 0.15) is 12.8 Å². The standard InChI is InChI=1S/C13H11ClFN3O4/c14-7-1-2-9(8(15)5-7)16-12(20)6-22-13(21)10-3-4-11(19)18-17-10/h1-2,5H,3-4,6H2,(H,16,20)(H,18,19). The molecule has 1 heterocycles. The molecule has 0 saturated carbocycles. The second-order valence-corrected chi connectivity index (χ2v) is 4.78. The van der Waals surface area contributed by atoms with Crippen molar-refractivity contribution in [3.8, 4) is 0 Å². The quantitative estimate of drug-likeness (QED) is 0.813. The third kappa shape index (κ3) is 4.26. The molecule has 7 nitrogen and oxygen atoms in total. The summed E-state index contributed by atoms with van der Waals surface area (Å²) in [6.45, 7) is -0.603. The summed E-state index contributed by atoms with van der Waals surface area (Å²) in [5, 5.41) is 5.97. The van der Waals surface area contributed by atoms with Crippen molar-refractivity contribution in [2.24, 2.45) is 5.10 Å². The summed E-state index contributed by atoms with van der Waals surface area (Å²) in [6.07, 6.45) is 0.258. The largest absolute Gasteiger partial charge is 0.451 e. The maximum absolute atomic E-state index is 13.5. The van der Waals surface area contributed by atoms with Gasteiger partial charge in [-0.05, 0) is 18.2 Å². The molecular weight excluding hydrogens is 317 g/mol. The molecule has 0 saturated heterocycles. The first kappa shape index (κ1) is 15.9. The molecule has 2 N–H and O–H groups in total. The number of hydrogen-bond acceptors (Lipinski definition) is 5. The molecule has 0 fully saturated rings. The Hall–Kier alpha value is -2.48. The number of carbonyl (C=O) groups excluding carboxylic acids is 3. The number of nitrogens with zero attached hydrogens (tertiary/aromatic N) is 1. The van der Waals surface area contributed by atoms with E-state index in [1.54, 1.807) is 0 Å². The molecule has 0 radical (unpaired) electrons. The van der Waals surface area contributed by atoms with Crippen LogP contribution in [0.25, 0.3) is 0 Å². The van der Waals surface area contributed by atoms with Crippen LogP contribution >= 0.6 is 11.6 Å². The average Bonchev–Trinajstić information content (AvgIpc) is 2.48. The fourth-order valence-corrected chi connectivity index (χ4v) is 1.77. The molecule has 1 aliphatic heterocycles. The van der Waals surface area contributed by atoms with Gasteiger partial charge >= 0.3 is 5.97 Å². The molecule has 0 aliphatic carbocycles. The third-order valence-corrected chi connectivity index (χ3v) is 2.91. The Labute approximate surface area is 129 Å². The normalized spacial score (nSPS) is 13.9. The second kappa shape index (κ2) is 6.99. The molecule has 9 heteroatoms. The van der Waals surface area contributed by atoms with E-state index in [1.165, 1.54) is 12.1 Å². The van der Waals surface area contributed by atoms with Crippen LogP contribution in [0.15, 0.2) is 23.3 Å². The van der Waals surface area contributed by atoms with Crippen molar-refractivity contribution in [3.05, 3.63) is 29.0 Å². The van der Waals surface area contributed by atoms with Crippen molar-refractivity contribution >= 4 is 40.8 Å². The van der Waals surface area contributed by atoms with Crippen LogP contribution in [0.4, 0.5) is 10.1 Å². The molecule has 0 atom stereocenters. The van der Waals surface area contributed by atoms with Gasteiger partial charge in [0, 0.05) is 17.9 Å². The van der Waals surface area contributed by atoms with Crippen molar-refractivity contribution < 1.29 is 23.5 Å². The van der Waals surface area contributed by atoms with E-state index in [4.69, 9.17) is 16.3 Å². The van der Waals surface area contributed by atoms with Crippen molar-refractivity contribution in [2.45, 2.75) is 12.8 Å². The lowest BCUT2D eigenvalue weighted by Crippen LogP contribution is -2.32. The summed E-state index contributed by atoms with van der Waals surface area (Å²) in [7, 11) is 0. The summed E-state index contributed by atoms with van der Waals surface area (Å²) in [5.41, 5.74) is 2.08. The van der Waals surface area contributed by atoms with Gasteiger partial charge < -0.3 is 10.1 Å². The number of hydrazone groups is 1. The van der Waals surface area contributed by atoms with Gasteiger partial charge in [0.2, 0.25) is 5.91 Å². The number of ether oxygens (including phenoxy) is 1. The predicted octanol–water partition coefficient (Wildman–Crippen LogP) is 1.23. The summed E-state index contributed by atoms with van der Waals surface area (Å²) in [5.74, 6) is -2.53. The van der Waals surface area contributed by atoms with Gasteiger partial charge in [-0.15, -0.1) is 0 Å². The Balaban J connectivity index is 1.85. The van der Waals surface area contributed by atoms with Crippen LogP contribution < -0.4 is 10.7 Å². The Kier molecular flexibility index (Phi) is 5.05. The van der Waals surface area contributed by atoms with Crippen LogP contribution in [0, 0.1) is 5.82 Å². The van der Waals surface area contributed by atoms with Gasteiger partial charge in [0.25, 0.3) is 5.91 Å². The van der Waals surface area contributed by atoms with E-state index < -0.39 is 24.3 Å². The lowest BCUT2D eigenvalue weighted by Gasteiger charge is -2.11. The fourth-order valence-electron chi connectivity index (χ4n) is 1.61. The number of amides is 2. The molecular formula is C13H11ClFN3O4. The lowest BCUT2D eigenvalue weighted by atomic mass is 10.2. The highest BCUT2D eigenvalue weighted by Crippen LogP contribution is 2.18. The number of benzene rings is 1. The van der Waals surface area contributed by atoms with E-state index in [0.717, 1.165) is 6.07 Å². The molecule has 1 aromatic carbocycles. The number of hydrogen-bond donors (Lipinski definition) is 2. The number of halogens is 2. The first-order valence-electron chi connectivity index (χ1n) is 6.23. The van der Waals surface area contributed by atoms with Crippen molar-refractivity contribution in [2.75, 3.05) is 11.9 Å². The Bertz CT molecular complexity index is 663. The van der Waals surface area contributed by atoms with Crippen molar-refractivity contribution in [1.29, 1.82) is 0 Å². The molecule has 0 spiro atoms. The molecule has 0 unspecified atom stereocenters. The maximum Gasteiger partial charge on any atom is 0.355 e. The molecule has 0 bridgehead atoms. The van der Waals surface area contributed by atoms with Gasteiger partial charge in [0.15, 0.2) is 6.61 Å². The van der Waals surface area contributed by atoms with Crippen molar-refractivity contribution in [3.63, 3.8) is 0 Å². The van der Waals surface area contributed by atoms with E-state index in [1.807, 2.05) is 0 Å². The van der Waals surface area contributed by atoms with E-state index in [0.29, 0.717) is 0 Å². The minimum absolute atomic E-state index is 0.0186. The SMILES string of the molecule is O=C1CCC(C(=O)OCC(=O)Nc2ccc(Cl)cc2F)=NN1. The van der Waals surface area contributed by atoms with Crippen molar-refractivity contribution in [1.82, 2.24) is 5.43 Å². The molecule has 1 aromatic rings. The number of anilines is 1. The van der Waals surface area contributed by atoms with E-state index in [9.17, 15) is 18.8 Å². The summed E-state index contributed by atoms with van der Waals surface area (Å²) in [4.78, 5) is 34.1. The third-order valence-electron chi connectivity index (χ3n) is 2.68. The Morgan fingerprint density at radius 1 is 1.41 bits per heavy atom. The van der Waals surface area contributed by atoms with E-state index in [-0.39, 0.29) is 35.2 Å². The molecule has 116 valence electrons. The smallest absolute Gasteiger partial charge is 0.355 e. The highest BCUT2D eigenvalue weighted by atomic mass is 35.5. The van der Waals surface area contributed by atoms with Crippen LogP contribution in [-0.4, -0.2) is 30.1 Å². The molecule has 0 aromatic heterocycles. The van der Waals surface area contributed by atoms with Gasteiger partial charge in [-0.25, -0.2) is 14.6 Å². The van der Waals surface area contributed by atoms with Gasteiger partial charge in [-0.3, -0.25) is 9.59 Å². The second-order valence-electron chi connectivity index (χ2n) is 4.34. The monoisotopic (exact) mass is 327 g/mol. The maximum atomic E-state index is 13.5. The lowest BCUT2D eigenvalue weighted by molar-refractivity contribution is -0.140. The minimum atomic E-state index is -0.813. The van der Waals surface area contributed by atoms with Crippen LogP contribution in [0.5, 0.6) is 0 Å². The highest BCUT2D eigenvalue weighted by molar-refractivity contribution is 6.37. The average molecular weight is 328 g/mol. The molecule has 1 aliphatic rings. The van der Waals surface area contributed by atoms with E-state index >= 15 is 0 Å². The number of carbonyl (C=O) groups is 3. The predicted molar refractivity (Wildman–Crippen MR) is 75.8 cm³/mol. The molecule has 22 heavy (non-hydrogen) atoms. The van der Waals surface area contributed by atoms with E-state index in [2.05, 4.69) is 15.8 Å². The summed E-state index contributed by atoms with van der Waals surface area (Å²) >= 11 is 5.59. The molecule has 2 amide bonds.